The molecule has 0 aliphatic heterocycles. The lowest BCUT2D eigenvalue weighted by Crippen LogP contribution is -1.98. The fourth-order valence-corrected chi connectivity index (χ4v) is 6.54. The van der Waals surface area contributed by atoms with Crippen LogP contribution in [-0.4, -0.2) is 29.1 Å². The molecule has 2 aromatic carbocycles. The van der Waals surface area contributed by atoms with Crippen molar-refractivity contribution in [2.24, 2.45) is 0 Å². The number of aromatic nitrogens is 6. The van der Waals surface area contributed by atoms with E-state index < -0.39 is 0 Å². The van der Waals surface area contributed by atoms with Crippen LogP contribution < -0.4 is 0 Å². The van der Waals surface area contributed by atoms with Gasteiger partial charge in [0.15, 0.2) is 0 Å². The van der Waals surface area contributed by atoms with Gasteiger partial charge < -0.3 is 9.13 Å². The number of rotatable bonds is 5. The van der Waals surface area contributed by atoms with Gasteiger partial charge in [-0.3, -0.25) is 19.9 Å². The molecule has 0 atom stereocenters. The summed E-state index contributed by atoms with van der Waals surface area (Å²) in [5.74, 6) is 0.636. The second-order valence-corrected chi connectivity index (χ2v) is 12.4. The minimum absolute atomic E-state index is 0.309. The molecule has 0 fully saturated rings. The number of nitriles is 1. The summed E-state index contributed by atoms with van der Waals surface area (Å²) in [5, 5.41) is 14.7. The van der Waals surface area contributed by atoms with Gasteiger partial charge in [-0.1, -0.05) is 39.8 Å². The van der Waals surface area contributed by atoms with Crippen LogP contribution in [0.3, 0.4) is 0 Å². The lowest BCUT2D eigenvalue weighted by atomic mass is 10.0. The Morgan fingerprint density at radius 1 is 0.565 bits per heavy atom. The monoisotopic (exact) mass is 597 g/mol. The molecule has 0 saturated carbocycles. The molecule has 8 rings (SSSR count). The first-order chi connectivity index (χ1) is 22.4. The van der Waals surface area contributed by atoms with Crippen molar-refractivity contribution in [3.63, 3.8) is 0 Å². The highest BCUT2D eigenvalue weighted by Gasteiger charge is 2.18. The molecule has 6 heterocycles. The number of pyridine rings is 4. The zero-order valence-corrected chi connectivity index (χ0v) is 26.1. The van der Waals surface area contributed by atoms with Gasteiger partial charge in [-0.25, -0.2) is 0 Å². The molecule has 222 valence electrons. The molecular formula is C39H31N7. The van der Waals surface area contributed by atoms with Crippen molar-refractivity contribution in [1.29, 1.82) is 5.26 Å². The largest absolute Gasteiger partial charge is 0.306 e. The molecule has 0 amide bonds. The predicted molar refractivity (Wildman–Crippen MR) is 185 cm³/mol. The summed E-state index contributed by atoms with van der Waals surface area (Å²) < 4.78 is 4.39. The lowest BCUT2D eigenvalue weighted by molar-refractivity contribution is 0.825. The summed E-state index contributed by atoms with van der Waals surface area (Å²) in [6.45, 7) is 8.64. The highest BCUT2D eigenvalue weighted by atomic mass is 15.0. The minimum Gasteiger partial charge on any atom is -0.306 e. The molecule has 0 unspecified atom stereocenters. The molecule has 0 N–H and O–H groups in total. The third-order valence-corrected chi connectivity index (χ3v) is 8.88. The molecule has 0 saturated heterocycles. The van der Waals surface area contributed by atoms with Crippen molar-refractivity contribution in [3.05, 3.63) is 121 Å². The number of benzene rings is 2. The van der Waals surface area contributed by atoms with Crippen molar-refractivity contribution < 1.29 is 0 Å². The van der Waals surface area contributed by atoms with E-state index in [4.69, 9.17) is 9.97 Å². The Kier molecular flexibility index (Phi) is 6.40. The van der Waals surface area contributed by atoms with Crippen LogP contribution in [0.1, 0.15) is 56.5 Å². The van der Waals surface area contributed by atoms with Crippen molar-refractivity contribution in [2.75, 3.05) is 0 Å². The maximum Gasteiger partial charge on any atom is 0.0992 e. The van der Waals surface area contributed by atoms with E-state index in [1.165, 1.54) is 0 Å². The maximum atomic E-state index is 10.2. The number of hydrogen-bond donors (Lipinski definition) is 0. The average molecular weight is 598 g/mol. The Labute approximate surface area is 266 Å². The van der Waals surface area contributed by atoms with Crippen LogP contribution in [0, 0.1) is 11.3 Å². The first-order valence-electron chi connectivity index (χ1n) is 15.6. The molecule has 0 radical (unpaired) electrons. The zero-order chi connectivity index (χ0) is 31.5. The van der Waals surface area contributed by atoms with Crippen LogP contribution in [0.25, 0.3) is 66.1 Å². The summed E-state index contributed by atoms with van der Waals surface area (Å²) in [6, 6.07) is 25.4. The molecule has 6 aromatic heterocycles. The Hall–Kier alpha value is -5.87. The van der Waals surface area contributed by atoms with Crippen molar-refractivity contribution >= 4 is 43.6 Å². The number of hydrogen-bond acceptors (Lipinski definition) is 5. The van der Waals surface area contributed by atoms with Crippen LogP contribution in [0.5, 0.6) is 0 Å². The Bertz CT molecular complexity index is 2510. The normalized spacial score (nSPS) is 11.8. The molecule has 0 aliphatic rings. The van der Waals surface area contributed by atoms with Crippen molar-refractivity contribution in [1.82, 2.24) is 29.1 Å². The highest BCUT2D eigenvalue weighted by Crippen LogP contribution is 2.36. The Morgan fingerprint density at radius 2 is 1.11 bits per heavy atom. The van der Waals surface area contributed by atoms with Crippen LogP contribution >= 0.6 is 0 Å². The molecule has 0 spiro atoms. The molecule has 7 nitrogen and oxygen atoms in total. The van der Waals surface area contributed by atoms with E-state index >= 15 is 0 Å². The van der Waals surface area contributed by atoms with Crippen molar-refractivity contribution in [3.8, 4) is 28.6 Å². The van der Waals surface area contributed by atoms with E-state index in [9.17, 15) is 5.26 Å². The first kappa shape index (κ1) is 27.7. The van der Waals surface area contributed by atoms with E-state index in [1.54, 1.807) is 0 Å². The fourth-order valence-electron chi connectivity index (χ4n) is 6.54. The molecular weight excluding hydrogens is 566 g/mol. The van der Waals surface area contributed by atoms with Gasteiger partial charge in [0.05, 0.1) is 58.5 Å². The second kappa shape index (κ2) is 10.6. The summed E-state index contributed by atoms with van der Waals surface area (Å²) >= 11 is 0. The lowest BCUT2D eigenvalue weighted by Gasteiger charge is -2.13. The SMILES string of the molecule is CC(C)c1cc2c3ccncc3n(-c3cccc(-c4cc(C#N)cc(-n5c6cnccc6c6cc(C(C)C)ncc65)c4)c3)c2cn1. The Morgan fingerprint density at radius 3 is 1.67 bits per heavy atom. The smallest absolute Gasteiger partial charge is 0.0992 e. The standard InChI is InChI=1S/C39H31N7/c1-23(2)34-16-32-30-8-10-41-19-36(30)45(38(32)21-43-34)28-7-5-6-26(14-28)27-12-25(18-40)13-29(15-27)46-37-20-42-11-9-31(37)33-17-35(24(3)4)44-22-39(33)46/h5-17,19-24H,1-4H3. The summed E-state index contributed by atoms with van der Waals surface area (Å²) in [5.41, 5.74) is 10.5. The van der Waals surface area contributed by atoms with Gasteiger partial charge in [-0.2, -0.15) is 5.26 Å². The minimum atomic E-state index is 0.309. The van der Waals surface area contributed by atoms with Gasteiger partial charge >= 0.3 is 0 Å². The van der Waals surface area contributed by atoms with E-state index in [2.05, 4.69) is 107 Å². The van der Waals surface area contributed by atoms with Crippen LogP contribution in [0.2, 0.25) is 0 Å². The third-order valence-electron chi connectivity index (χ3n) is 8.88. The van der Waals surface area contributed by atoms with Crippen LogP contribution in [-0.2, 0) is 0 Å². The number of fused-ring (bicyclic) bond motifs is 6. The Balaban J connectivity index is 1.33. The molecule has 0 aliphatic carbocycles. The van der Waals surface area contributed by atoms with E-state index in [1.807, 2.05) is 49.3 Å². The van der Waals surface area contributed by atoms with Crippen molar-refractivity contribution in [2.45, 2.75) is 39.5 Å². The van der Waals surface area contributed by atoms with Crippen LogP contribution in [0.15, 0.2) is 104 Å². The average Bonchev–Trinajstić information content (AvgIpc) is 3.60. The molecule has 46 heavy (non-hydrogen) atoms. The van der Waals surface area contributed by atoms with E-state index in [-0.39, 0.29) is 0 Å². The maximum absolute atomic E-state index is 10.2. The summed E-state index contributed by atoms with van der Waals surface area (Å²) in [7, 11) is 0. The zero-order valence-electron chi connectivity index (χ0n) is 26.1. The third kappa shape index (κ3) is 4.33. The van der Waals surface area contributed by atoms with Gasteiger partial charge in [0.1, 0.15) is 0 Å². The van der Waals surface area contributed by atoms with Gasteiger partial charge in [0.25, 0.3) is 0 Å². The second-order valence-electron chi connectivity index (χ2n) is 12.4. The quantitative estimate of drug-likeness (QED) is 0.197. The summed E-state index contributed by atoms with van der Waals surface area (Å²) in [4.78, 5) is 18.5. The molecule has 8 aromatic rings. The molecule has 7 heteroatoms. The van der Waals surface area contributed by atoms with E-state index in [0.29, 0.717) is 17.4 Å². The first-order valence-corrected chi connectivity index (χ1v) is 15.6. The predicted octanol–water partition coefficient (Wildman–Crippen LogP) is 9.25. The topological polar surface area (TPSA) is 85.2 Å². The van der Waals surface area contributed by atoms with Crippen LogP contribution in [0.4, 0.5) is 0 Å². The van der Waals surface area contributed by atoms with Gasteiger partial charge in [0, 0.05) is 56.7 Å². The summed E-state index contributed by atoms with van der Waals surface area (Å²) in [6.07, 6.45) is 11.4. The van der Waals surface area contributed by atoms with Gasteiger partial charge in [-0.15, -0.1) is 0 Å². The van der Waals surface area contributed by atoms with Gasteiger partial charge in [-0.05, 0) is 77.6 Å². The van der Waals surface area contributed by atoms with Gasteiger partial charge in [0.2, 0.25) is 0 Å². The highest BCUT2D eigenvalue weighted by molar-refractivity contribution is 6.10. The molecule has 0 bridgehead atoms. The number of nitrogens with zero attached hydrogens (tertiary/aromatic N) is 7. The fraction of sp³-hybridized carbons (Fsp3) is 0.154. The van der Waals surface area contributed by atoms with E-state index in [0.717, 1.165) is 77.5 Å².